The Bertz CT molecular complexity index is 1650. The standard InChI is InChI=1S/C29H31ClN6O3S2.C2H6/c1-18-15-20(33-29(39)34-41-26-10-9-25(30)40-26)6-8-24(18)36-17-23(27(37)32-11-14-35-12-3-4-13-35)22-16-19(31-2)5-7-21(22)28(36)38;1-2/h5-10,15-17,31H,3-4,11-14H2,1-2H3,(H,32,37)(H2,33,34,39);1-2H3. The zero-order valence-electron chi connectivity index (χ0n) is 24.8. The van der Waals surface area contributed by atoms with Gasteiger partial charge in [-0.25, -0.2) is 4.79 Å². The lowest BCUT2D eigenvalue weighted by Gasteiger charge is -2.17. The molecule has 2 aromatic carbocycles. The molecule has 3 heterocycles. The summed E-state index contributed by atoms with van der Waals surface area (Å²) >= 11 is 8.50. The first-order chi connectivity index (χ1) is 20.8. The van der Waals surface area contributed by atoms with Crippen LogP contribution in [0.25, 0.3) is 16.5 Å². The number of carbonyl (C=O) groups excluding carboxylic acids is 2. The highest BCUT2D eigenvalue weighted by atomic mass is 35.5. The molecule has 4 N–H and O–H groups in total. The summed E-state index contributed by atoms with van der Waals surface area (Å²) in [6.45, 7) is 9.31. The fraction of sp³-hybridized carbons (Fsp3) is 0.323. The molecule has 0 radical (unpaired) electrons. The van der Waals surface area contributed by atoms with Gasteiger partial charge >= 0.3 is 6.03 Å². The third kappa shape index (κ3) is 8.11. The van der Waals surface area contributed by atoms with E-state index in [0.717, 1.165) is 35.1 Å². The molecule has 3 amide bonds. The van der Waals surface area contributed by atoms with Crippen molar-refractivity contribution in [3.63, 3.8) is 0 Å². The number of amides is 3. The Hall–Kier alpha value is -3.51. The van der Waals surface area contributed by atoms with Crippen LogP contribution in [0.5, 0.6) is 0 Å². The molecule has 0 atom stereocenters. The zero-order valence-corrected chi connectivity index (χ0v) is 27.1. The van der Waals surface area contributed by atoms with Gasteiger partial charge in [0.2, 0.25) is 0 Å². The maximum Gasteiger partial charge on any atom is 0.329 e. The molecule has 0 saturated carbocycles. The van der Waals surface area contributed by atoms with Crippen molar-refractivity contribution >= 4 is 69.0 Å². The summed E-state index contributed by atoms with van der Waals surface area (Å²) in [5, 5.41) is 9.98. The van der Waals surface area contributed by atoms with Crippen molar-refractivity contribution in [1.29, 1.82) is 0 Å². The second kappa shape index (κ2) is 15.3. The largest absolute Gasteiger partial charge is 0.388 e. The Balaban J connectivity index is 0.00000207. The van der Waals surface area contributed by atoms with Crippen LogP contribution in [-0.2, 0) is 0 Å². The number of benzene rings is 2. The van der Waals surface area contributed by atoms with Crippen LogP contribution in [0.4, 0.5) is 16.2 Å². The highest BCUT2D eigenvalue weighted by Crippen LogP contribution is 2.29. The predicted molar refractivity (Wildman–Crippen MR) is 181 cm³/mol. The van der Waals surface area contributed by atoms with Gasteiger partial charge in [0, 0.05) is 48.5 Å². The van der Waals surface area contributed by atoms with Crippen LogP contribution in [-0.4, -0.2) is 54.6 Å². The molecule has 0 unspecified atom stereocenters. The van der Waals surface area contributed by atoms with Gasteiger partial charge in [-0.3, -0.25) is 18.9 Å². The smallest absolute Gasteiger partial charge is 0.329 e. The number of nitrogens with one attached hydrogen (secondary N) is 4. The molecule has 5 rings (SSSR count). The maximum atomic E-state index is 13.6. The van der Waals surface area contributed by atoms with Crippen molar-refractivity contribution in [3.8, 4) is 5.69 Å². The molecule has 2 aromatic heterocycles. The van der Waals surface area contributed by atoms with Crippen molar-refractivity contribution in [2.24, 2.45) is 0 Å². The Morgan fingerprint density at radius 2 is 1.74 bits per heavy atom. The van der Waals surface area contributed by atoms with Crippen LogP contribution in [0.2, 0.25) is 4.34 Å². The van der Waals surface area contributed by atoms with Crippen molar-refractivity contribution < 1.29 is 9.59 Å². The Morgan fingerprint density at radius 1 is 1.00 bits per heavy atom. The molecule has 228 valence electrons. The minimum Gasteiger partial charge on any atom is -0.388 e. The number of pyridine rings is 1. The van der Waals surface area contributed by atoms with E-state index in [2.05, 4.69) is 25.6 Å². The first-order valence-corrected chi connectivity index (χ1v) is 16.3. The van der Waals surface area contributed by atoms with Crippen molar-refractivity contribution in [2.45, 2.75) is 37.8 Å². The van der Waals surface area contributed by atoms with Gasteiger partial charge < -0.3 is 20.9 Å². The van der Waals surface area contributed by atoms with E-state index in [4.69, 9.17) is 11.6 Å². The summed E-state index contributed by atoms with van der Waals surface area (Å²) in [4.78, 5) is 41.8. The van der Waals surface area contributed by atoms with Crippen LogP contribution >= 0.6 is 34.9 Å². The molecule has 1 aliphatic rings. The van der Waals surface area contributed by atoms with Gasteiger partial charge in [-0.15, -0.1) is 11.3 Å². The van der Waals surface area contributed by atoms with Crippen LogP contribution < -0.4 is 26.2 Å². The van der Waals surface area contributed by atoms with E-state index in [1.807, 2.05) is 39.0 Å². The van der Waals surface area contributed by atoms with Crippen LogP contribution in [0.1, 0.15) is 42.6 Å². The first kappa shape index (κ1) is 32.4. The predicted octanol–water partition coefficient (Wildman–Crippen LogP) is 6.74. The molecule has 1 fully saturated rings. The fourth-order valence-corrected chi connectivity index (χ4v) is 6.75. The minimum atomic E-state index is -0.386. The molecule has 0 spiro atoms. The summed E-state index contributed by atoms with van der Waals surface area (Å²) in [6, 6.07) is 13.9. The van der Waals surface area contributed by atoms with Crippen molar-refractivity contribution in [1.82, 2.24) is 19.5 Å². The lowest BCUT2D eigenvalue weighted by atomic mass is 10.0. The number of thiophene rings is 1. The van der Waals surface area contributed by atoms with Crippen molar-refractivity contribution in [2.75, 3.05) is 43.9 Å². The molecule has 4 aromatic rings. The lowest BCUT2D eigenvalue weighted by molar-refractivity contribution is 0.0951. The molecular weight excluding hydrogens is 604 g/mol. The van der Waals surface area contributed by atoms with Crippen LogP contribution in [0.15, 0.2) is 63.7 Å². The normalized spacial score (nSPS) is 12.9. The number of nitrogens with zero attached hydrogens (tertiary/aromatic N) is 2. The van der Waals surface area contributed by atoms with Crippen LogP contribution in [0.3, 0.4) is 0 Å². The Kier molecular flexibility index (Phi) is 11.5. The van der Waals surface area contributed by atoms with E-state index in [-0.39, 0.29) is 17.5 Å². The number of rotatable bonds is 9. The van der Waals surface area contributed by atoms with Gasteiger partial charge in [0.05, 0.1) is 19.8 Å². The summed E-state index contributed by atoms with van der Waals surface area (Å²) in [5.74, 6) is -0.228. The van der Waals surface area contributed by atoms with E-state index < -0.39 is 0 Å². The van der Waals surface area contributed by atoms with Gasteiger partial charge in [-0.2, -0.15) is 0 Å². The SMILES string of the molecule is CC.CNc1ccc2c(=O)n(-c3ccc(NC(=O)NSc4ccc(Cl)s4)cc3C)cc(C(=O)NCCN3CCCC3)c2c1. The number of urea groups is 1. The number of hydrogen-bond donors (Lipinski definition) is 4. The van der Waals surface area contributed by atoms with Crippen molar-refractivity contribution in [3.05, 3.63) is 80.5 Å². The summed E-state index contributed by atoms with van der Waals surface area (Å²) in [6.07, 6.45) is 4.00. The summed E-state index contributed by atoms with van der Waals surface area (Å²) in [5.41, 5.74) is 2.95. The maximum absolute atomic E-state index is 13.6. The average molecular weight is 641 g/mol. The molecule has 0 bridgehead atoms. The summed E-state index contributed by atoms with van der Waals surface area (Å²) in [7, 11) is 1.80. The van der Waals surface area contributed by atoms with E-state index in [0.29, 0.717) is 38.6 Å². The third-order valence-electron chi connectivity index (χ3n) is 6.97. The van der Waals surface area contributed by atoms with E-state index in [9.17, 15) is 14.4 Å². The summed E-state index contributed by atoms with van der Waals surface area (Å²) < 4.78 is 5.75. The minimum absolute atomic E-state index is 0.228. The quantitative estimate of drug-likeness (QED) is 0.151. The van der Waals surface area contributed by atoms with E-state index in [1.165, 1.54) is 40.7 Å². The third-order valence-corrected chi connectivity index (χ3v) is 9.12. The number of likely N-dealkylation sites (tertiary alicyclic amines) is 1. The number of hydrogen-bond acceptors (Lipinski definition) is 7. The average Bonchev–Trinajstić information content (AvgIpc) is 3.69. The van der Waals surface area contributed by atoms with Gasteiger partial charge in [0.25, 0.3) is 11.5 Å². The van der Waals surface area contributed by atoms with Gasteiger partial charge in [-0.05, 0) is 98.9 Å². The highest BCUT2D eigenvalue weighted by molar-refractivity contribution is 7.99. The molecular formula is C31H37ClN6O3S2. The van der Waals surface area contributed by atoms with Crippen LogP contribution in [0, 0.1) is 6.92 Å². The van der Waals surface area contributed by atoms with Gasteiger partial charge in [0.1, 0.15) is 0 Å². The number of halogens is 1. The Morgan fingerprint density at radius 3 is 2.42 bits per heavy atom. The molecule has 1 saturated heterocycles. The second-order valence-corrected chi connectivity index (χ2v) is 12.6. The molecule has 12 heteroatoms. The van der Waals surface area contributed by atoms with E-state index in [1.54, 1.807) is 43.6 Å². The number of fused-ring (bicyclic) bond motifs is 1. The molecule has 43 heavy (non-hydrogen) atoms. The highest BCUT2D eigenvalue weighted by Gasteiger charge is 2.18. The lowest BCUT2D eigenvalue weighted by Crippen LogP contribution is -2.34. The Labute approximate surface area is 265 Å². The molecule has 9 nitrogen and oxygen atoms in total. The van der Waals surface area contributed by atoms with Gasteiger partial charge in [-0.1, -0.05) is 25.4 Å². The first-order valence-electron chi connectivity index (χ1n) is 14.3. The topological polar surface area (TPSA) is 107 Å². The number of aryl methyl sites for hydroxylation is 1. The van der Waals surface area contributed by atoms with E-state index >= 15 is 0 Å². The van der Waals surface area contributed by atoms with Gasteiger partial charge in [0.15, 0.2) is 0 Å². The molecule has 1 aliphatic heterocycles. The number of anilines is 2. The monoisotopic (exact) mass is 640 g/mol. The number of carbonyl (C=O) groups is 2. The second-order valence-electron chi connectivity index (χ2n) is 9.75. The number of aromatic nitrogens is 1. The zero-order chi connectivity index (χ0) is 30.9. The molecule has 0 aliphatic carbocycles. The fourth-order valence-electron chi connectivity index (χ4n) is 4.89.